The van der Waals surface area contributed by atoms with Crippen LogP contribution in [0.2, 0.25) is 0 Å². The molecule has 0 N–H and O–H groups in total. The van der Waals surface area contributed by atoms with Crippen LogP contribution in [0.4, 0.5) is 5.82 Å². The van der Waals surface area contributed by atoms with E-state index in [1.165, 1.54) is 19.3 Å². The van der Waals surface area contributed by atoms with Crippen molar-refractivity contribution in [3.63, 3.8) is 0 Å². The van der Waals surface area contributed by atoms with Crippen molar-refractivity contribution in [2.45, 2.75) is 63.4 Å². The summed E-state index contributed by atoms with van der Waals surface area (Å²) in [6.07, 6.45) is 4.65. The van der Waals surface area contributed by atoms with Crippen LogP contribution in [0.5, 0.6) is 0 Å². The molecule has 1 aromatic heterocycles. The van der Waals surface area contributed by atoms with Gasteiger partial charge in [-0.25, -0.2) is 9.97 Å². The summed E-state index contributed by atoms with van der Waals surface area (Å²) in [7, 11) is 1.83. The topological polar surface area (TPSA) is 49.3 Å². The summed E-state index contributed by atoms with van der Waals surface area (Å²) in [6.45, 7) is 8.18. The molecule has 2 aromatic rings. The Morgan fingerprint density at radius 1 is 1.24 bits per heavy atom. The van der Waals surface area contributed by atoms with Gasteiger partial charge in [-0.3, -0.25) is 4.79 Å². The van der Waals surface area contributed by atoms with Gasteiger partial charge in [-0.1, -0.05) is 30.8 Å². The lowest BCUT2D eigenvalue weighted by Gasteiger charge is -2.34. The Balaban J connectivity index is 1.75. The lowest BCUT2D eigenvalue weighted by Crippen LogP contribution is -2.38. The number of benzene rings is 1. The van der Waals surface area contributed by atoms with Crippen molar-refractivity contribution in [2.24, 2.45) is 0 Å². The summed E-state index contributed by atoms with van der Waals surface area (Å²) in [5, 5.41) is 0.819. The van der Waals surface area contributed by atoms with Gasteiger partial charge in [0, 0.05) is 49.3 Å². The number of aryl methyl sites for hydroxylation is 1. The summed E-state index contributed by atoms with van der Waals surface area (Å²) in [6, 6.07) is 10.6. The van der Waals surface area contributed by atoms with Crippen molar-refractivity contribution in [3.05, 3.63) is 47.2 Å². The molecule has 1 aliphatic heterocycles. The minimum Gasteiger partial charge on any atom is -0.354 e. The van der Waals surface area contributed by atoms with Gasteiger partial charge >= 0.3 is 0 Å². The van der Waals surface area contributed by atoms with E-state index in [1.54, 1.807) is 16.7 Å². The number of aromatic nitrogens is 2. The zero-order valence-corrected chi connectivity index (χ0v) is 18.8. The Bertz CT molecular complexity index is 841. The molecule has 1 saturated heterocycles. The van der Waals surface area contributed by atoms with Crippen molar-refractivity contribution in [3.8, 4) is 0 Å². The third-order valence-electron chi connectivity index (χ3n) is 5.57. The largest absolute Gasteiger partial charge is 0.354 e. The quantitative estimate of drug-likeness (QED) is 0.483. The van der Waals surface area contributed by atoms with Crippen LogP contribution in [0.25, 0.3) is 0 Å². The highest BCUT2D eigenvalue weighted by atomic mass is 32.2. The molecule has 1 amide bonds. The molecular formula is C23H32N4OS. The maximum atomic E-state index is 12.4. The first kappa shape index (κ1) is 21.6. The van der Waals surface area contributed by atoms with Crippen molar-refractivity contribution >= 4 is 23.5 Å². The average molecular weight is 413 g/mol. The summed E-state index contributed by atoms with van der Waals surface area (Å²) in [5.41, 5.74) is 2.94. The van der Waals surface area contributed by atoms with Gasteiger partial charge in [-0.15, -0.1) is 0 Å². The second-order valence-electron chi connectivity index (χ2n) is 7.70. The van der Waals surface area contributed by atoms with Crippen LogP contribution in [-0.4, -0.2) is 47.0 Å². The number of carbonyl (C=O) groups excluding carboxylic acids is 1. The van der Waals surface area contributed by atoms with Crippen LogP contribution < -0.4 is 4.90 Å². The third-order valence-corrected chi connectivity index (χ3v) is 6.49. The highest BCUT2D eigenvalue weighted by molar-refractivity contribution is 7.98. The van der Waals surface area contributed by atoms with Crippen LogP contribution in [0.3, 0.4) is 0 Å². The van der Waals surface area contributed by atoms with Crippen molar-refractivity contribution < 1.29 is 4.79 Å². The molecule has 1 aliphatic rings. The molecule has 29 heavy (non-hydrogen) atoms. The van der Waals surface area contributed by atoms with E-state index < -0.39 is 0 Å². The summed E-state index contributed by atoms with van der Waals surface area (Å²) < 4.78 is 0. The Labute approximate surface area is 178 Å². The van der Waals surface area contributed by atoms with Crippen molar-refractivity contribution in [2.75, 3.05) is 25.0 Å². The first-order valence-electron chi connectivity index (χ1n) is 10.6. The second kappa shape index (κ2) is 10.1. The van der Waals surface area contributed by atoms with Crippen LogP contribution in [0.1, 0.15) is 61.6 Å². The molecule has 0 aliphatic carbocycles. The van der Waals surface area contributed by atoms with Gasteiger partial charge in [0.15, 0.2) is 5.16 Å². The monoisotopic (exact) mass is 412 g/mol. The van der Waals surface area contributed by atoms with Crippen LogP contribution in [-0.2, 0) is 12.2 Å². The molecule has 156 valence electrons. The van der Waals surface area contributed by atoms with E-state index >= 15 is 0 Å². The SMILES string of the molecule is CCc1cc(N2CCCC[C@@H]2C)nc(SCc2cccc(C(=O)N(C)CC)c2)n1. The number of thioether (sulfide) groups is 1. The Kier molecular flexibility index (Phi) is 7.53. The van der Waals surface area contributed by atoms with E-state index in [4.69, 9.17) is 9.97 Å². The normalized spacial score (nSPS) is 16.7. The summed E-state index contributed by atoms with van der Waals surface area (Å²) >= 11 is 1.64. The average Bonchev–Trinajstić information content (AvgIpc) is 2.76. The Morgan fingerprint density at radius 3 is 2.79 bits per heavy atom. The second-order valence-corrected chi connectivity index (χ2v) is 8.64. The number of carbonyl (C=O) groups is 1. The minimum absolute atomic E-state index is 0.0601. The zero-order chi connectivity index (χ0) is 20.8. The highest BCUT2D eigenvalue weighted by Crippen LogP contribution is 2.27. The van der Waals surface area contributed by atoms with Crippen molar-refractivity contribution in [1.29, 1.82) is 0 Å². The molecule has 0 saturated carbocycles. The van der Waals surface area contributed by atoms with Gasteiger partial charge in [0.05, 0.1) is 0 Å². The van der Waals surface area contributed by atoms with Gasteiger partial charge in [-0.05, 0) is 57.2 Å². The Morgan fingerprint density at radius 2 is 2.07 bits per heavy atom. The fourth-order valence-electron chi connectivity index (χ4n) is 3.60. The number of hydrogen-bond acceptors (Lipinski definition) is 5. The predicted molar refractivity (Wildman–Crippen MR) is 121 cm³/mol. The highest BCUT2D eigenvalue weighted by Gasteiger charge is 2.21. The molecule has 6 heteroatoms. The number of rotatable bonds is 7. The standard InChI is InChI=1S/C23H32N4OS/c1-5-20-15-21(27-13-8-7-10-17(27)3)25-23(24-20)29-16-18-11-9-12-19(14-18)22(28)26(4)6-2/h9,11-12,14-15,17H,5-8,10,13,16H2,1-4H3/t17-/m0/s1. The molecule has 1 fully saturated rings. The van der Waals surface area contributed by atoms with E-state index in [0.717, 1.165) is 46.5 Å². The first-order chi connectivity index (χ1) is 14.0. The third kappa shape index (κ3) is 5.50. The van der Waals surface area contributed by atoms with Gasteiger partial charge in [0.2, 0.25) is 0 Å². The minimum atomic E-state index is 0.0601. The van der Waals surface area contributed by atoms with Gasteiger partial charge in [0.1, 0.15) is 5.82 Å². The lowest BCUT2D eigenvalue weighted by atomic mass is 10.0. The van der Waals surface area contributed by atoms with Gasteiger partial charge in [-0.2, -0.15) is 0 Å². The van der Waals surface area contributed by atoms with Crippen LogP contribution in [0, 0.1) is 0 Å². The maximum absolute atomic E-state index is 12.4. The fraction of sp³-hybridized carbons (Fsp3) is 0.522. The van der Waals surface area contributed by atoms with Crippen molar-refractivity contribution in [1.82, 2.24) is 14.9 Å². The molecule has 1 atom stereocenters. The molecule has 0 bridgehead atoms. The van der Waals surface area contributed by atoms with E-state index in [9.17, 15) is 4.79 Å². The molecule has 5 nitrogen and oxygen atoms in total. The van der Waals surface area contributed by atoms with E-state index in [0.29, 0.717) is 12.6 Å². The number of hydrogen-bond donors (Lipinski definition) is 0. The lowest BCUT2D eigenvalue weighted by molar-refractivity contribution is 0.0802. The number of anilines is 1. The van der Waals surface area contributed by atoms with E-state index in [1.807, 2.05) is 32.2 Å². The molecule has 0 unspecified atom stereocenters. The molecule has 0 radical (unpaired) electrons. The maximum Gasteiger partial charge on any atom is 0.253 e. The number of piperidine rings is 1. The number of nitrogens with zero attached hydrogens (tertiary/aromatic N) is 4. The predicted octanol–water partition coefficient (Wildman–Crippen LogP) is 4.80. The van der Waals surface area contributed by atoms with E-state index in [2.05, 4.69) is 30.9 Å². The molecule has 3 rings (SSSR count). The fourth-order valence-corrected chi connectivity index (χ4v) is 4.41. The zero-order valence-electron chi connectivity index (χ0n) is 18.0. The first-order valence-corrected chi connectivity index (χ1v) is 11.6. The Hall–Kier alpha value is -2.08. The molecular weight excluding hydrogens is 380 g/mol. The van der Waals surface area contributed by atoms with Crippen LogP contribution in [0.15, 0.2) is 35.5 Å². The number of amides is 1. The molecule has 2 heterocycles. The van der Waals surface area contributed by atoms with Gasteiger partial charge in [0.25, 0.3) is 5.91 Å². The van der Waals surface area contributed by atoms with Gasteiger partial charge < -0.3 is 9.80 Å². The van der Waals surface area contributed by atoms with Crippen LogP contribution >= 0.6 is 11.8 Å². The molecule has 0 spiro atoms. The summed E-state index contributed by atoms with van der Waals surface area (Å²) in [4.78, 5) is 26.2. The smallest absolute Gasteiger partial charge is 0.253 e. The molecule has 1 aromatic carbocycles. The summed E-state index contributed by atoms with van der Waals surface area (Å²) in [5.74, 6) is 1.86. The van der Waals surface area contributed by atoms with E-state index in [-0.39, 0.29) is 5.91 Å².